The van der Waals surface area contributed by atoms with Crippen LogP contribution in [0.3, 0.4) is 0 Å². The summed E-state index contributed by atoms with van der Waals surface area (Å²) in [6.07, 6.45) is 0. The molecule has 0 unspecified atom stereocenters. The van der Waals surface area contributed by atoms with Gasteiger partial charge in [0.25, 0.3) is 0 Å². The molecule has 0 saturated carbocycles. The van der Waals surface area contributed by atoms with Crippen LogP contribution in [0.2, 0.25) is 0 Å². The van der Waals surface area contributed by atoms with Gasteiger partial charge in [0, 0.05) is 0 Å². The standard InChI is InChI=1S/C9H12N2O2/c1-7-3-5-8(6-4-7)11(13-2)9(10)12/h3-6H,1-2H3,(H2,10,12). The average molecular weight is 180 g/mol. The van der Waals surface area contributed by atoms with E-state index in [0.29, 0.717) is 5.69 Å². The second kappa shape index (κ2) is 3.91. The number of nitrogens with two attached hydrogens (primary N) is 1. The van der Waals surface area contributed by atoms with Gasteiger partial charge in [0.1, 0.15) is 0 Å². The van der Waals surface area contributed by atoms with Crippen molar-refractivity contribution in [3.63, 3.8) is 0 Å². The van der Waals surface area contributed by atoms with Crippen molar-refractivity contribution >= 4 is 11.7 Å². The van der Waals surface area contributed by atoms with Gasteiger partial charge in [0.15, 0.2) is 0 Å². The molecule has 4 nitrogen and oxygen atoms in total. The lowest BCUT2D eigenvalue weighted by atomic mass is 10.2. The molecule has 2 amide bonds. The molecule has 0 bridgehead atoms. The molecule has 0 fully saturated rings. The van der Waals surface area contributed by atoms with Crippen molar-refractivity contribution in [2.45, 2.75) is 6.92 Å². The zero-order valence-electron chi connectivity index (χ0n) is 7.65. The number of benzene rings is 1. The summed E-state index contributed by atoms with van der Waals surface area (Å²) >= 11 is 0. The smallest absolute Gasteiger partial charge is 0.343 e. The molecule has 0 aromatic heterocycles. The highest BCUT2D eigenvalue weighted by Crippen LogP contribution is 2.14. The molecule has 2 N–H and O–H groups in total. The lowest BCUT2D eigenvalue weighted by Crippen LogP contribution is -2.34. The fourth-order valence-electron chi connectivity index (χ4n) is 1.00. The van der Waals surface area contributed by atoms with Crippen LogP contribution in [-0.4, -0.2) is 13.1 Å². The van der Waals surface area contributed by atoms with Crippen LogP contribution in [0.5, 0.6) is 0 Å². The van der Waals surface area contributed by atoms with Crippen LogP contribution in [0, 0.1) is 6.92 Å². The van der Waals surface area contributed by atoms with Crippen molar-refractivity contribution in [2.24, 2.45) is 5.73 Å². The van der Waals surface area contributed by atoms with Gasteiger partial charge in [-0.05, 0) is 19.1 Å². The summed E-state index contributed by atoms with van der Waals surface area (Å²) in [5.74, 6) is 0. The van der Waals surface area contributed by atoms with Gasteiger partial charge in [-0.25, -0.2) is 4.79 Å². The Morgan fingerprint density at radius 1 is 1.38 bits per heavy atom. The monoisotopic (exact) mass is 180 g/mol. The van der Waals surface area contributed by atoms with Gasteiger partial charge in [-0.1, -0.05) is 17.7 Å². The molecule has 70 valence electrons. The Labute approximate surface area is 76.9 Å². The fraction of sp³-hybridized carbons (Fsp3) is 0.222. The normalized spacial score (nSPS) is 9.69. The molecule has 0 aliphatic rings. The first-order chi connectivity index (χ1) is 6.15. The highest BCUT2D eigenvalue weighted by molar-refractivity contribution is 5.88. The van der Waals surface area contributed by atoms with Crippen molar-refractivity contribution in [3.8, 4) is 0 Å². The number of anilines is 1. The Morgan fingerprint density at radius 3 is 2.31 bits per heavy atom. The number of hydrogen-bond donors (Lipinski definition) is 1. The van der Waals surface area contributed by atoms with E-state index in [1.54, 1.807) is 12.1 Å². The Morgan fingerprint density at radius 2 is 1.92 bits per heavy atom. The predicted octanol–water partition coefficient (Wildman–Crippen LogP) is 1.44. The minimum Gasteiger partial charge on any atom is -0.349 e. The van der Waals surface area contributed by atoms with E-state index in [1.165, 1.54) is 7.11 Å². The third kappa shape index (κ3) is 2.19. The van der Waals surface area contributed by atoms with E-state index >= 15 is 0 Å². The number of amides is 2. The van der Waals surface area contributed by atoms with Crippen LogP contribution in [0.4, 0.5) is 10.5 Å². The highest BCUT2D eigenvalue weighted by Gasteiger charge is 2.10. The molecule has 1 rings (SSSR count). The van der Waals surface area contributed by atoms with E-state index in [4.69, 9.17) is 10.6 Å². The first-order valence-corrected chi connectivity index (χ1v) is 3.85. The Bertz CT molecular complexity index is 295. The van der Waals surface area contributed by atoms with Gasteiger partial charge in [-0.2, -0.15) is 5.06 Å². The van der Waals surface area contributed by atoms with Crippen LogP contribution < -0.4 is 10.8 Å². The first-order valence-electron chi connectivity index (χ1n) is 3.85. The third-order valence-electron chi connectivity index (χ3n) is 1.65. The number of rotatable bonds is 2. The molecule has 13 heavy (non-hydrogen) atoms. The summed E-state index contributed by atoms with van der Waals surface area (Å²) < 4.78 is 0. The molecule has 4 heteroatoms. The van der Waals surface area contributed by atoms with Gasteiger partial charge < -0.3 is 5.73 Å². The third-order valence-corrected chi connectivity index (χ3v) is 1.65. The second-order valence-corrected chi connectivity index (χ2v) is 2.65. The van der Waals surface area contributed by atoms with Crippen LogP contribution in [0.25, 0.3) is 0 Å². The van der Waals surface area contributed by atoms with Crippen molar-refractivity contribution in [1.82, 2.24) is 0 Å². The number of hydrogen-bond acceptors (Lipinski definition) is 2. The Kier molecular flexibility index (Phi) is 2.87. The first kappa shape index (κ1) is 9.54. The fourth-order valence-corrected chi connectivity index (χ4v) is 1.00. The lowest BCUT2D eigenvalue weighted by molar-refractivity contribution is 0.168. The molecule has 0 radical (unpaired) electrons. The van der Waals surface area contributed by atoms with Crippen LogP contribution in [-0.2, 0) is 4.84 Å². The second-order valence-electron chi connectivity index (χ2n) is 2.65. The maximum absolute atomic E-state index is 10.8. The number of urea groups is 1. The molecule has 1 aromatic carbocycles. The number of primary amides is 1. The Balaban J connectivity index is 2.92. The number of carbonyl (C=O) groups excluding carboxylic acids is 1. The molecule has 0 spiro atoms. The minimum atomic E-state index is -0.633. The van der Waals surface area contributed by atoms with E-state index in [2.05, 4.69) is 0 Å². The number of hydroxylamine groups is 1. The molecule has 0 heterocycles. The topological polar surface area (TPSA) is 55.6 Å². The molecule has 0 atom stereocenters. The number of carbonyl (C=O) groups is 1. The summed E-state index contributed by atoms with van der Waals surface area (Å²) in [5, 5.41) is 1.03. The van der Waals surface area contributed by atoms with E-state index in [0.717, 1.165) is 10.6 Å². The van der Waals surface area contributed by atoms with E-state index in [1.807, 2.05) is 19.1 Å². The molecule has 0 aliphatic heterocycles. The summed E-state index contributed by atoms with van der Waals surface area (Å²) in [5.41, 5.74) is 6.82. The molecule has 0 aliphatic carbocycles. The van der Waals surface area contributed by atoms with Crippen molar-refractivity contribution < 1.29 is 9.63 Å². The average Bonchev–Trinajstić information content (AvgIpc) is 2.09. The zero-order valence-corrected chi connectivity index (χ0v) is 7.65. The van der Waals surface area contributed by atoms with Crippen LogP contribution >= 0.6 is 0 Å². The highest BCUT2D eigenvalue weighted by atomic mass is 16.7. The zero-order chi connectivity index (χ0) is 9.84. The van der Waals surface area contributed by atoms with Gasteiger partial charge in [-0.3, -0.25) is 4.84 Å². The maximum Gasteiger partial charge on any atom is 0.343 e. The van der Waals surface area contributed by atoms with Crippen molar-refractivity contribution in [2.75, 3.05) is 12.2 Å². The van der Waals surface area contributed by atoms with Gasteiger partial charge >= 0.3 is 6.03 Å². The van der Waals surface area contributed by atoms with Crippen molar-refractivity contribution in [1.29, 1.82) is 0 Å². The Hall–Kier alpha value is -1.55. The van der Waals surface area contributed by atoms with Crippen LogP contribution in [0.15, 0.2) is 24.3 Å². The molecular weight excluding hydrogens is 168 g/mol. The van der Waals surface area contributed by atoms with E-state index in [-0.39, 0.29) is 0 Å². The van der Waals surface area contributed by atoms with Gasteiger partial charge in [-0.15, -0.1) is 0 Å². The van der Waals surface area contributed by atoms with Crippen LogP contribution in [0.1, 0.15) is 5.56 Å². The summed E-state index contributed by atoms with van der Waals surface area (Å²) in [6.45, 7) is 1.96. The molecular formula is C9H12N2O2. The number of nitrogens with zero attached hydrogens (tertiary/aromatic N) is 1. The van der Waals surface area contributed by atoms with Crippen molar-refractivity contribution in [3.05, 3.63) is 29.8 Å². The summed E-state index contributed by atoms with van der Waals surface area (Å²) in [4.78, 5) is 15.6. The van der Waals surface area contributed by atoms with Gasteiger partial charge in [0.05, 0.1) is 12.8 Å². The predicted molar refractivity (Wildman–Crippen MR) is 50.3 cm³/mol. The maximum atomic E-state index is 10.8. The quantitative estimate of drug-likeness (QED) is 0.700. The largest absolute Gasteiger partial charge is 0.349 e. The lowest BCUT2D eigenvalue weighted by Gasteiger charge is -2.16. The van der Waals surface area contributed by atoms with E-state index < -0.39 is 6.03 Å². The summed E-state index contributed by atoms with van der Waals surface area (Å²) in [7, 11) is 1.39. The molecule has 0 saturated heterocycles. The SMILES string of the molecule is CON(C(N)=O)c1ccc(C)cc1. The summed E-state index contributed by atoms with van der Waals surface area (Å²) in [6, 6.07) is 6.66. The van der Waals surface area contributed by atoms with E-state index in [9.17, 15) is 4.79 Å². The molecule has 1 aromatic rings. The van der Waals surface area contributed by atoms with Gasteiger partial charge in [0.2, 0.25) is 0 Å². The number of aryl methyl sites for hydroxylation is 1. The minimum absolute atomic E-state index is 0.626.